The van der Waals surface area contributed by atoms with Crippen LogP contribution in [0.4, 0.5) is 16.0 Å². The lowest BCUT2D eigenvalue weighted by Gasteiger charge is -2.07. The topological polar surface area (TPSA) is 108 Å². The first-order valence-corrected chi connectivity index (χ1v) is 8.84. The van der Waals surface area contributed by atoms with Crippen LogP contribution in [-0.2, 0) is 0 Å². The number of aryl methyl sites for hydroxylation is 1. The van der Waals surface area contributed by atoms with E-state index in [-0.39, 0.29) is 5.82 Å². The Hall–Kier alpha value is -4.06. The molecule has 4 rings (SSSR count). The second kappa shape index (κ2) is 7.16. The molecule has 0 saturated heterocycles. The van der Waals surface area contributed by atoms with Gasteiger partial charge in [0.05, 0.1) is 28.7 Å². The van der Waals surface area contributed by atoms with Gasteiger partial charge in [-0.05, 0) is 38.5 Å². The Bertz CT molecular complexity index is 1230. The van der Waals surface area contributed by atoms with E-state index in [0.717, 1.165) is 16.8 Å². The van der Waals surface area contributed by atoms with Crippen molar-refractivity contribution in [3.05, 3.63) is 65.0 Å². The molecule has 0 aliphatic heterocycles. The highest BCUT2D eigenvalue weighted by molar-refractivity contribution is 5.71. The third-order valence-corrected chi connectivity index (χ3v) is 4.63. The van der Waals surface area contributed by atoms with E-state index in [4.69, 9.17) is 5.26 Å². The molecule has 0 radical (unpaired) electrons. The van der Waals surface area contributed by atoms with Crippen LogP contribution in [0, 0.1) is 37.9 Å². The molecule has 9 heteroatoms. The summed E-state index contributed by atoms with van der Waals surface area (Å²) in [6.07, 6.45) is 1.38. The zero-order valence-corrected chi connectivity index (χ0v) is 16.0. The number of aromatic amines is 1. The van der Waals surface area contributed by atoms with Crippen molar-refractivity contribution in [2.24, 2.45) is 0 Å². The largest absolute Gasteiger partial charge is 0.323 e. The fraction of sp³-hybridized carbons (Fsp3) is 0.150. The molecule has 0 amide bonds. The third kappa shape index (κ3) is 3.32. The van der Waals surface area contributed by atoms with Crippen LogP contribution in [-0.4, -0.2) is 29.9 Å². The van der Waals surface area contributed by atoms with Crippen molar-refractivity contribution in [2.45, 2.75) is 20.8 Å². The molecule has 0 unspecified atom stereocenters. The third-order valence-electron chi connectivity index (χ3n) is 4.63. The molecule has 4 aromatic rings. The molecule has 0 spiro atoms. The van der Waals surface area contributed by atoms with E-state index in [1.54, 1.807) is 32.0 Å². The SMILES string of the molecule is Cc1nn(-c2cc(Nc3n[nH]c(-c4ccc(C#N)cc4)c3C)ncn2)c(C)c1F. The predicted molar refractivity (Wildman–Crippen MR) is 105 cm³/mol. The van der Waals surface area contributed by atoms with Gasteiger partial charge in [0.2, 0.25) is 0 Å². The highest BCUT2D eigenvalue weighted by Crippen LogP contribution is 2.28. The number of H-pyrrole nitrogens is 1. The van der Waals surface area contributed by atoms with E-state index in [0.29, 0.717) is 34.4 Å². The zero-order chi connectivity index (χ0) is 20.5. The molecule has 0 aliphatic carbocycles. The van der Waals surface area contributed by atoms with Gasteiger partial charge < -0.3 is 5.32 Å². The standard InChI is InChI=1S/C20H17FN8/c1-11-19(15-6-4-14(9-22)5-7-15)26-27-20(11)25-16-8-17(24-10-23-16)29-13(3)18(21)12(2)28-29/h4-8,10H,1-3H3,(H2,23,24,25,26,27). The number of hydrogen-bond donors (Lipinski definition) is 2. The monoisotopic (exact) mass is 388 g/mol. The van der Waals surface area contributed by atoms with Gasteiger partial charge in [-0.3, -0.25) is 5.10 Å². The smallest absolute Gasteiger partial charge is 0.167 e. The lowest BCUT2D eigenvalue weighted by atomic mass is 10.1. The van der Waals surface area contributed by atoms with Gasteiger partial charge in [0.1, 0.15) is 12.1 Å². The highest BCUT2D eigenvalue weighted by atomic mass is 19.1. The molecule has 29 heavy (non-hydrogen) atoms. The minimum absolute atomic E-state index is 0.311. The summed E-state index contributed by atoms with van der Waals surface area (Å²) in [5.74, 6) is 1.21. The van der Waals surface area contributed by atoms with E-state index in [1.807, 2.05) is 19.1 Å². The van der Waals surface area contributed by atoms with Crippen molar-refractivity contribution in [1.29, 1.82) is 5.26 Å². The van der Waals surface area contributed by atoms with Gasteiger partial charge in [-0.1, -0.05) is 12.1 Å². The molecule has 3 heterocycles. The summed E-state index contributed by atoms with van der Waals surface area (Å²) in [7, 11) is 0. The van der Waals surface area contributed by atoms with Gasteiger partial charge in [-0.15, -0.1) is 0 Å². The van der Waals surface area contributed by atoms with Crippen molar-refractivity contribution < 1.29 is 4.39 Å². The quantitative estimate of drug-likeness (QED) is 0.551. The molecule has 1 aromatic carbocycles. The molecule has 0 atom stereocenters. The zero-order valence-electron chi connectivity index (χ0n) is 16.0. The van der Waals surface area contributed by atoms with Crippen molar-refractivity contribution in [2.75, 3.05) is 5.32 Å². The maximum atomic E-state index is 14.0. The Morgan fingerprint density at radius 2 is 1.90 bits per heavy atom. The Balaban J connectivity index is 1.63. The van der Waals surface area contributed by atoms with Crippen LogP contribution >= 0.6 is 0 Å². The summed E-state index contributed by atoms with van der Waals surface area (Å²) in [5.41, 5.74) is 3.94. The summed E-state index contributed by atoms with van der Waals surface area (Å²) >= 11 is 0. The first-order chi connectivity index (χ1) is 14.0. The summed E-state index contributed by atoms with van der Waals surface area (Å²) in [4.78, 5) is 8.40. The first kappa shape index (κ1) is 18.3. The average Bonchev–Trinajstić information content (AvgIpc) is 3.23. The lowest BCUT2D eigenvalue weighted by Crippen LogP contribution is -2.04. The average molecular weight is 388 g/mol. The van der Waals surface area contributed by atoms with E-state index >= 15 is 0 Å². The number of anilines is 2. The Morgan fingerprint density at radius 3 is 2.55 bits per heavy atom. The summed E-state index contributed by atoms with van der Waals surface area (Å²) < 4.78 is 15.4. The number of nitriles is 1. The second-order valence-electron chi connectivity index (χ2n) is 6.54. The van der Waals surface area contributed by atoms with Gasteiger partial charge in [-0.25, -0.2) is 19.0 Å². The summed E-state index contributed by atoms with van der Waals surface area (Å²) in [6.45, 7) is 5.18. The molecule has 2 N–H and O–H groups in total. The van der Waals surface area contributed by atoms with Crippen LogP contribution in [0.3, 0.4) is 0 Å². The van der Waals surface area contributed by atoms with Gasteiger partial charge in [0.25, 0.3) is 0 Å². The van der Waals surface area contributed by atoms with E-state index in [9.17, 15) is 4.39 Å². The Labute approximate surface area is 166 Å². The number of halogens is 1. The molecule has 3 aromatic heterocycles. The Kier molecular flexibility index (Phi) is 4.52. The number of rotatable bonds is 4. The maximum absolute atomic E-state index is 14.0. The van der Waals surface area contributed by atoms with Crippen LogP contribution in [0.15, 0.2) is 36.7 Å². The van der Waals surface area contributed by atoms with Gasteiger partial charge in [0, 0.05) is 11.6 Å². The molecular weight excluding hydrogens is 371 g/mol. The highest BCUT2D eigenvalue weighted by Gasteiger charge is 2.15. The summed E-state index contributed by atoms with van der Waals surface area (Å²) in [5, 5.41) is 23.6. The molecule has 8 nitrogen and oxygen atoms in total. The van der Waals surface area contributed by atoms with Crippen molar-refractivity contribution >= 4 is 11.6 Å². The van der Waals surface area contributed by atoms with Crippen molar-refractivity contribution in [3.8, 4) is 23.1 Å². The van der Waals surface area contributed by atoms with Crippen LogP contribution in [0.2, 0.25) is 0 Å². The molecule has 0 fully saturated rings. The van der Waals surface area contributed by atoms with Crippen LogP contribution in [0.5, 0.6) is 0 Å². The van der Waals surface area contributed by atoms with Gasteiger partial charge in [-0.2, -0.15) is 15.5 Å². The number of hydrogen-bond acceptors (Lipinski definition) is 6. The Morgan fingerprint density at radius 1 is 1.14 bits per heavy atom. The molecule has 144 valence electrons. The van der Waals surface area contributed by atoms with Crippen molar-refractivity contribution in [3.63, 3.8) is 0 Å². The number of aromatic nitrogens is 6. The van der Waals surface area contributed by atoms with Crippen molar-refractivity contribution in [1.82, 2.24) is 29.9 Å². The number of nitrogens with zero attached hydrogens (tertiary/aromatic N) is 6. The van der Waals surface area contributed by atoms with E-state index in [1.165, 1.54) is 11.0 Å². The minimum atomic E-state index is -0.353. The second-order valence-corrected chi connectivity index (χ2v) is 6.54. The summed E-state index contributed by atoms with van der Waals surface area (Å²) in [6, 6.07) is 11.0. The molecular formula is C20H17FN8. The van der Waals surface area contributed by atoms with Gasteiger partial charge in [0.15, 0.2) is 17.5 Å². The van der Waals surface area contributed by atoms with E-state index < -0.39 is 0 Å². The van der Waals surface area contributed by atoms with Crippen LogP contribution in [0.25, 0.3) is 17.1 Å². The van der Waals surface area contributed by atoms with Gasteiger partial charge >= 0.3 is 0 Å². The minimum Gasteiger partial charge on any atom is -0.323 e. The fourth-order valence-corrected chi connectivity index (χ4v) is 3.01. The molecule has 0 bridgehead atoms. The number of benzene rings is 1. The predicted octanol–water partition coefficient (Wildman–Crippen LogP) is 3.73. The first-order valence-electron chi connectivity index (χ1n) is 8.84. The molecule has 0 aliphatic rings. The number of nitrogens with one attached hydrogen (secondary N) is 2. The maximum Gasteiger partial charge on any atom is 0.167 e. The van der Waals surface area contributed by atoms with Crippen LogP contribution < -0.4 is 5.32 Å². The molecule has 0 saturated carbocycles. The lowest BCUT2D eigenvalue weighted by molar-refractivity contribution is 0.608. The van der Waals surface area contributed by atoms with E-state index in [2.05, 4.69) is 36.7 Å². The normalized spacial score (nSPS) is 10.7. The van der Waals surface area contributed by atoms with Crippen LogP contribution in [0.1, 0.15) is 22.5 Å². The fourth-order valence-electron chi connectivity index (χ4n) is 3.01.